The molecule has 102 valence electrons. The van der Waals surface area contributed by atoms with E-state index in [1.165, 1.54) is 0 Å². The molecular formula is C9H10BF4KO3S. The van der Waals surface area contributed by atoms with E-state index in [-0.39, 0.29) is 51.4 Å². The molecule has 0 atom stereocenters. The van der Waals surface area contributed by atoms with Crippen molar-refractivity contribution in [2.75, 3.05) is 18.6 Å². The van der Waals surface area contributed by atoms with E-state index >= 15 is 0 Å². The molecule has 1 aromatic carbocycles. The predicted molar refractivity (Wildman–Crippen MR) is 60.3 cm³/mol. The first-order chi connectivity index (χ1) is 8.09. The molecule has 0 fully saturated rings. The molecule has 1 aromatic rings. The van der Waals surface area contributed by atoms with Gasteiger partial charge in [0.2, 0.25) is 0 Å². The number of hydrogen-bond acceptors (Lipinski definition) is 3. The molecule has 0 N–H and O–H groups in total. The van der Waals surface area contributed by atoms with E-state index in [1.807, 2.05) is 0 Å². The number of rotatable bonds is 5. The number of ether oxygens (including phenoxy) is 1. The first-order valence-electron chi connectivity index (χ1n) is 4.89. The quantitative estimate of drug-likeness (QED) is 0.479. The van der Waals surface area contributed by atoms with Crippen LogP contribution >= 0.6 is 0 Å². The maximum atomic E-state index is 13.1. The summed E-state index contributed by atoms with van der Waals surface area (Å²) in [4.78, 5) is 0. The summed E-state index contributed by atoms with van der Waals surface area (Å²) in [5, 5.41) is 0. The van der Waals surface area contributed by atoms with Gasteiger partial charge in [-0.15, -0.1) is 5.46 Å². The molecule has 0 unspecified atom stereocenters. The van der Waals surface area contributed by atoms with Crippen molar-refractivity contribution in [3.63, 3.8) is 0 Å². The van der Waals surface area contributed by atoms with Crippen molar-refractivity contribution in [3.8, 4) is 5.75 Å². The Kier molecular flexibility index (Phi) is 7.57. The molecule has 3 nitrogen and oxygen atoms in total. The van der Waals surface area contributed by atoms with E-state index in [0.29, 0.717) is 18.2 Å². The van der Waals surface area contributed by atoms with Crippen LogP contribution in [0.5, 0.6) is 5.75 Å². The van der Waals surface area contributed by atoms with Gasteiger partial charge in [0.05, 0.1) is 5.75 Å². The minimum Gasteiger partial charge on any atom is -0.490 e. The zero-order chi connectivity index (χ0) is 14.0. The summed E-state index contributed by atoms with van der Waals surface area (Å²) >= 11 is 0. The Morgan fingerprint density at radius 3 is 2.32 bits per heavy atom. The Hall–Kier alpha value is 0.391. The third-order valence-corrected chi connectivity index (χ3v) is 2.95. The summed E-state index contributed by atoms with van der Waals surface area (Å²) in [7, 11) is -3.31. The van der Waals surface area contributed by atoms with Crippen molar-refractivity contribution < 1.29 is 81.9 Å². The van der Waals surface area contributed by atoms with E-state index in [1.54, 1.807) is 0 Å². The summed E-state index contributed by atoms with van der Waals surface area (Å²) < 4.78 is 76.6. The van der Waals surface area contributed by atoms with Crippen molar-refractivity contribution >= 4 is 22.3 Å². The first-order valence-corrected chi connectivity index (χ1v) is 6.95. The molecule has 0 aliphatic rings. The Balaban J connectivity index is 0.00000324. The summed E-state index contributed by atoms with van der Waals surface area (Å²) in [6.07, 6.45) is 0.946. The van der Waals surface area contributed by atoms with Crippen molar-refractivity contribution in [3.05, 3.63) is 24.0 Å². The number of hydrogen-bond donors (Lipinski definition) is 0. The minimum atomic E-state index is -5.25. The molecule has 1 rings (SSSR count). The fourth-order valence-corrected chi connectivity index (χ4v) is 1.52. The summed E-state index contributed by atoms with van der Waals surface area (Å²) in [5.74, 6) is -1.96. The van der Waals surface area contributed by atoms with Gasteiger partial charge < -0.3 is 17.7 Å². The average Bonchev–Trinajstić information content (AvgIpc) is 2.17. The molecule has 0 bridgehead atoms. The van der Waals surface area contributed by atoms with Crippen LogP contribution in [0, 0.1) is 5.82 Å². The van der Waals surface area contributed by atoms with Gasteiger partial charge in [-0.05, 0) is 12.1 Å². The van der Waals surface area contributed by atoms with Gasteiger partial charge in [0, 0.05) is 6.26 Å². The van der Waals surface area contributed by atoms with Crippen LogP contribution < -0.4 is 61.6 Å². The van der Waals surface area contributed by atoms with Crippen molar-refractivity contribution in [2.45, 2.75) is 0 Å². The second kappa shape index (κ2) is 7.41. The number of benzene rings is 1. The van der Waals surface area contributed by atoms with Crippen LogP contribution in [0.3, 0.4) is 0 Å². The van der Waals surface area contributed by atoms with Crippen LogP contribution in [0.25, 0.3) is 0 Å². The van der Waals surface area contributed by atoms with Gasteiger partial charge in [-0.1, -0.05) is 6.07 Å². The summed E-state index contributed by atoms with van der Waals surface area (Å²) in [6, 6.07) is 1.77. The Morgan fingerprint density at radius 1 is 1.26 bits per heavy atom. The first kappa shape index (κ1) is 19.4. The third kappa shape index (κ3) is 7.09. The van der Waals surface area contributed by atoms with Gasteiger partial charge >= 0.3 is 58.4 Å². The Bertz CT molecular complexity index is 533. The smallest absolute Gasteiger partial charge is 0.490 e. The van der Waals surface area contributed by atoms with Gasteiger partial charge in [-0.3, -0.25) is 0 Å². The second-order valence-electron chi connectivity index (χ2n) is 3.74. The molecule has 19 heavy (non-hydrogen) atoms. The molecule has 0 amide bonds. The van der Waals surface area contributed by atoms with Crippen LogP contribution in [0.4, 0.5) is 17.3 Å². The maximum Gasteiger partial charge on any atom is 1.00 e. The third-order valence-electron chi connectivity index (χ3n) is 2.04. The monoisotopic (exact) mass is 324 g/mol. The number of sulfone groups is 1. The summed E-state index contributed by atoms with van der Waals surface area (Å²) in [6.45, 7) is -5.65. The fourth-order valence-electron chi connectivity index (χ4n) is 1.14. The van der Waals surface area contributed by atoms with Gasteiger partial charge in [0.25, 0.3) is 0 Å². The van der Waals surface area contributed by atoms with E-state index in [2.05, 4.69) is 0 Å². The Labute approximate surface area is 151 Å². The average molecular weight is 324 g/mol. The molecule has 10 heteroatoms. The minimum absolute atomic E-state index is 0. The van der Waals surface area contributed by atoms with Crippen LogP contribution in [0.15, 0.2) is 18.2 Å². The number of halogens is 4. The van der Waals surface area contributed by atoms with Crippen LogP contribution in [-0.4, -0.2) is 34.0 Å². The standard InChI is InChI=1S/C9H10BF4O3S.K/c1-18(15,16)5-4-17-9-6-7(10(12,13)14)2-3-8(9)11;/h2-3,6H,4-5H2,1H3;/q-1;+1. The SMILES string of the molecule is CS(=O)(=O)CCOc1cc([B-](F)(F)F)ccc1F.[K+]. The normalized spacial score (nSPS) is 11.8. The van der Waals surface area contributed by atoms with Gasteiger partial charge in [-0.2, -0.15) is 0 Å². The largest absolute Gasteiger partial charge is 1.00 e. The van der Waals surface area contributed by atoms with Crippen molar-refractivity contribution in [1.82, 2.24) is 0 Å². The van der Waals surface area contributed by atoms with Crippen LogP contribution in [-0.2, 0) is 9.84 Å². The molecule has 0 saturated heterocycles. The molecule has 0 heterocycles. The van der Waals surface area contributed by atoms with E-state index in [9.17, 15) is 25.8 Å². The second-order valence-corrected chi connectivity index (χ2v) is 6.00. The zero-order valence-electron chi connectivity index (χ0n) is 10.4. The molecule has 0 saturated carbocycles. The van der Waals surface area contributed by atoms with Gasteiger partial charge in [0.1, 0.15) is 6.61 Å². The zero-order valence-corrected chi connectivity index (χ0v) is 14.3. The molecule has 0 aromatic heterocycles. The predicted octanol–water partition coefficient (Wildman–Crippen LogP) is -1.69. The topological polar surface area (TPSA) is 43.4 Å². The summed E-state index contributed by atoms with van der Waals surface area (Å²) in [5.41, 5.74) is -0.995. The molecule has 0 radical (unpaired) electrons. The van der Waals surface area contributed by atoms with Gasteiger partial charge in [0.15, 0.2) is 21.4 Å². The fraction of sp³-hybridized carbons (Fsp3) is 0.333. The molecular weight excluding hydrogens is 314 g/mol. The van der Waals surface area contributed by atoms with Crippen molar-refractivity contribution in [1.29, 1.82) is 0 Å². The van der Waals surface area contributed by atoms with Crippen LogP contribution in [0.1, 0.15) is 0 Å². The van der Waals surface area contributed by atoms with Crippen molar-refractivity contribution in [2.24, 2.45) is 0 Å². The van der Waals surface area contributed by atoms with E-state index in [4.69, 9.17) is 4.74 Å². The van der Waals surface area contributed by atoms with Crippen LogP contribution in [0.2, 0.25) is 0 Å². The van der Waals surface area contributed by atoms with E-state index in [0.717, 1.165) is 6.26 Å². The molecule has 0 aliphatic carbocycles. The molecule has 0 aliphatic heterocycles. The maximum absolute atomic E-state index is 13.1. The Morgan fingerprint density at radius 2 is 1.84 bits per heavy atom. The van der Waals surface area contributed by atoms with Gasteiger partial charge in [-0.25, -0.2) is 12.8 Å². The molecule has 0 spiro atoms. The van der Waals surface area contributed by atoms with E-state index < -0.39 is 46.2 Å².